The van der Waals surface area contributed by atoms with Crippen LogP contribution in [-0.4, -0.2) is 19.2 Å². The summed E-state index contributed by atoms with van der Waals surface area (Å²) < 4.78 is 16.6. The molecule has 2 N–H and O–H groups in total. The molecule has 29 heavy (non-hydrogen) atoms. The molecule has 1 aliphatic rings. The lowest BCUT2D eigenvalue weighted by Gasteiger charge is -2.28. The molecule has 1 aliphatic heterocycles. The molecule has 6 nitrogen and oxygen atoms in total. The monoisotopic (exact) mass is 398 g/mol. The van der Waals surface area contributed by atoms with Gasteiger partial charge in [-0.05, 0) is 31.4 Å². The van der Waals surface area contributed by atoms with Crippen molar-refractivity contribution in [1.29, 1.82) is 5.26 Å². The molecule has 0 bridgehead atoms. The highest BCUT2D eigenvalue weighted by atomic mass is 16.5. The molecule has 0 spiro atoms. The molecule has 1 aromatic carbocycles. The molecule has 0 saturated heterocycles. The van der Waals surface area contributed by atoms with Crippen molar-refractivity contribution in [2.75, 3.05) is 13.2 Å². The standard InChI is InChI=1S/C23H30N2O4/c1-4-6-7-10-13-27-15-17-11-8-9-12-18(17)21-19(14-24)22(25)29-16(3)20(21)23(26)28-5-2/h8-9,11-12,21H,4-7,10,13,15,25H2,1-3H3. The Balaban J connectivity index is 2.34. The third kappa shape index (κ3) is 5.61. The molecule has 1 heterocycles. The van der Waals surface area contributed by atoms with E-state index in [4.69, 9.17) is 19.9 Å². The van der Waals surface area contributed by atoms with Gasteiger partial charge in [-0.25, -0.2) is 4.79 Å². The van der Waals surface area contributed by atoms with Crippen LogP contribution in [0.5, 0.6) is 0 Å². The van der Waals surface area contributed by atoms with Gasteiger partial charge in [0.15, 0.2) is 0 Å². The molecule has 0 aromatic heterocycles. The summed E-state index contributed by atoms with van der Waals surface area (Å²) in [6, 6.07) is 9.74. The molecule has 2 rings (SSSR count). The van der Waals surface area contributed by atoms with Crippen molar-refractivity contribution in [2.24, 2.45) is 5.73 Å². The average Bonchev–Trinajstić information content (AvgIpc) is 2.70. The van der Waals surface area contributed by atoms with Crippen molar-refractivity contribution in [3.8, 4) is 6.07 Å². The van der Waals surface area contributed by atoms with Crippen molar-refractivity contribution in [2.45, 2.75) is 59.0 Å². The van der Waals surface area contributed by atoms with Crippen molar-refractivity contribution in [3.05, 3.63) is 58.2 Å². The highest BCUT2D eigenvalue weighted by Gasteiger charge is 2.37. The maximum atomic E-state index is 12.7. The first-order valence-corrected chi connectivity index (χ1v) is 10.2. The van der Waals surface area contributed by atoms with Gasteiger partial charge in [0.2, 0.25) is 5.88 Å². The zero-order valence-corrected chi connectivity index (χ0v) is 17.5. The van der Waals surface area contributed by atoms with Crippen LogP contribution in [0.3, 0.4) is 0 Å². The molecule has 0 fully saturated rings. The van der Waals surface area contributed by atoms with Gasteiger partial charge in [0.1, 0.15) is 17.4 Å². The fourth-order valence-electron chi connectivity index (χ4n) is 3.43. The van der Waals surface area contributed by atoms with Crippen LogP contribution in [0.2, 0.25) is 0 Å². The molecule has 1 unspecified atom stereocenters. The number of unbranched alkanes of at least 4 members (excludes halogenated alkanes) is 3. The zero-order chi connectivity index (χ0) is 21.2. The van der Waals surface area contributed by atoms with Gasteiger partial charge in [0.05, 0.1) is 24.7 Å². The third-order valence-corrected chi connectivity index (χ3v) is 4.87. The van der Waals surface area contributed by atoms with Crippen LogP contribution in [0.4, 0.5) is 0 Å². The number of nitrogens with two attached hydrogens (primary N) is 1. The van der Waals surface area contributed by atoms with Crippen molar-refractivity contribution >= 4 is 5.97 Å². The summed E-state index contributed by atoms with van der Waals surface area (Å²) in [5.74, 6) is -0.795. The van der Waals surface area contributed by atoms with E-state index in [9.17, 15) is 10.1 Å². The molecule has 0 radical (unpaired) electrons. The van der Waals surface area contributed by atoms with Gasteiger partial charge >= 0.3 is 5.97 Å². The molecular weight excluding hydrogens is 368 g/mol. The van der Waals surface area contributed by atoms with Crippen LogP contribution < -0.4 is 5.73 Å². The van der Waals surface area contributed by atoms with E-state index in [-0.39, 0.29) is 18.1 Å². The van der Waals surface area contributed by atoms with Gasteiger partial charge in [-0.3, -0.25) is 0 Å². The number of carbonyl (C=O) groups is 1. The minimum absolute atomic E-state index is 0.0123. The second kappa shape index (κ2) is 11.3. The smallest absolute Gasteiger partial charge is 0.338 e. The first-order valence-electron chi connectivity index (χ1n) is 10.2. The van der Waals surface area contributed by atoms with Crippen LogP contribution >= 0.6 is 0 Å². The highest BCUT2D eigenvalue weighted by Crippen LogP contribution is 2.40. The number of esters is 1. The van der Waals surface area contributed by atoms with E-state index in [1.54, 1.807) is 13.8 Å². The van der Waals surface area contributed by atoms with E-state index < -0.39 is 11.9 Å². The number of nitrogens with zero attached hydrogens (tertiary/aromatic N) is 1. The molecule has 1 aromatic rings. The summed E-state index contributed by atoms with van der Waals surface area (Å²) in [4.78, 5) is 12.7. The minimum Gasteiger partial charge on any atom is -0.463 e. The highest BCUT2D eigenvalue weighted by molar-refractivity contribution is 5.92. The first-order chi connectivity index (χ1) is 14.0. The van der Waals surface area contributed by atoms with E-state index in [1.807, 2.05) is 24.3 Å². The summed E-state index contributed by atoms with van der Waals surface area (Å²) in [5, 5.41) is 9.72. The van der Waals surface area contributed by atoms with Crippen LogP contribution in [-0.2, 0) is 25.6 Å². The van der Waals surface area contributed by atoms with E-state index in [1.165, 1.54) is 12.8 Å². The second-order valence-electron chi connectivity index (χ2n) is 6.93. The molecule has 0 aliphatic carbocycles. The number of hydrogen-bond donors (Lipinski definition) is 1. The number of carbonyl (C=O) groups excluding carboxylic acids is 1. The summed E-state index contributed by atoms with van der Waals surface area (Å²) in [6.45, 7) is 6.87. The lowest BCUT2D eigenvalue weighted by Crippen LogP contribution is -2.26. The van der Waals surface area contributed by atoms with E-state index >= 15 is 0 Å². The Bertz CT molecular complexity index is 820. The quantitative estimate of drug-likeness (QED) is 0.463. The Kier molecular flexibility index (Phi) is 8.75. The third-order valence-electron chi connectivity index (χ3n) is 4.87. The molecule has 156 valence electrons. The van der Waals surface area contributed by atoms with E-state index in [2.05, 4.69) is 13.0 Å². The molecular formula is C23H30N2O4. The lowest BCUT2D eigenvalue weighted by molar-refractivity contribution is -0.139. The topological polar surface area (TPSA) is 94.6 Å². The fourth-order valence-corrected chi connectivity index (χ4v) is 3.43. The van der Waals surface area contributed by atoms with Crippen molar-refractivity contribution in [3.63, 3.8) is 0 Å². The Labute approximate surface area is 172 Å². The Morgan fingerprint density at radius 2 is 2.00 bits per heavy atom. The lowest BCUT2D eigenvalue weighted by atomic mass is 9.81. The predicted octanol–water partition coefficient (Wildman–Crippen LogP) is 4.43. The van der Waals surface area contributed by atoms with Crippen LogP contribution in [0, 0.1) is 11.3 Å². The molecule has 0 amide bonds. The van der Waals surface area contributed by atoms with Gasteiger partial charge in [0, 0.05) is 6.61 Å². The number of ether oxygens (including phenoxy) is 3. The summed E-state index contributed by atoms with van der Waals surface area (Å²) in [7, 11) is 0. The summed E-state index contributed by atoms with van der Waals surface area (Å²) in [6.07, 6.45) is 4.53. The van der Waals surface area contributed by atoms with E-state index in [0.29, 0.717) is 24.5 Å². The SMILES string of the molecule is CCCCCCOCc1ccccc1C1C(C#N)=C(N)OC(C)=C1C(=O)OCC. The normalized spacial score (nSPS) is 16.4. The van der Waals surface area contributed by atoms with Gasteiger partial charge in [-0.15, -0.1) is 0 Å². The van der Waals surface area contributed by atoms with Gasteiger partial charge in [-0.1, -0.05) is 50.5 Å². The second-order valence-corrected chi connectivity index (χ2v) is 6.93. The molecule has 6 heteroatoms. The van der Waals surface area contributed by atoms with Crippen molar-refractivity contribution < 1.29 is 19.0 Å². The first kappa shape index (κ1) is 22.5. The summed E-state index contributed by atoms with van der Waals surface area (Å²) >= 11 is 0. The molecule has 1 atom stereocenters. The number of nitriles is 1. The fraction of sp³-hybridized carbons (Fsp3) is 0.478. The van der Waals surface area contributed by atoms with Gasteiger partial charge in [0.25, 0.3) is 0 Å². The largest absolute Gasteiger partial charge is 0.463 e. The number of hydrogen-bond acceptors (Lipinski definition) is 6. The number of allylic oxidation sites excluding steroid dienone is 2. The minimum atomic E-state index is -0.646. The number of rotatable bonds is 10. The Morgan fingerprint density at radius 1 is 1.24 bits per heavy atom. The van der Waals surface area contributed by atoms with E-state index in [0.717, 1.165) is 24.0 Å². The van der Waals surface area contributed by atoms with Crippen LogP contribution in [0.15, 0.2) is 47.1 Å². The maximum absolute atomic E-state index is 12.7. The number of benzene rings is 1. The van der Waals surface area contributed by atoms with Gasteiger partial charge < -0.3 is 19.9 Å². The van der Waals surface area contributed by atoms with Crippen LogP contribution in [0.25, 0.3) is 0 Å². The Hall–Kier alpha value is -2.78. The average molecular weight is 399 g/mol. The Morgan fingerprint density at radius 3 is 2.69 bits per heavy atom. The van der Waals surface area contributed by atoms with Crippen molar-refractivity contribution in [1.82, 2.24) is 0 Å². The predicted molar refractivity (Wildman–Crippen MR) is 110 cm³/mol. The summed E-state index contributed by atoms with van der Waals surface area (Å²) in [5.41, 5.74) is 8.19. The van der Waals surface area contributed by atoms with Crippen LogP contribution in [0.1, 0.15) is 63.5 Å². The molecule has 0 saturated carbocycles. The zero-order valence-electron chi connectivity index (χ0n) is 17.5. The maximum Gasteiger partial charge on any atom is 0.338 e. The van der Waals surface area contributed by atoms with Gasteiger partial charge in [-0.2, -0.15) is 5.26 Å².